The van der Waals surface area contributed by atoms with Gasteiger partial charge in [0.05, 0.1) is 12.7 Å². The molecule has 1 aliphatic rings. The summed E-state index contributed by atoms with van der Waals surface area (Å²) < 4.78 is 18.9. The number of hydrogen-bond acceptors (Lipinski definition) is 7. The minimum Gasteiger partial charge on any atom is -0.851 e. The molecule has 1 rings (SSSR count). The third-order valence-electron chi connectivity index (χ3n) is 2.10. The van der Waals surface area contributed by atoms with Crippen molar-refractivity contribution in [3.05, 3.63) is 0 Å². The first-order valence-electron chi connectivity index (χ1n) is 4.22. The van der Waals surface area contributed by atoms with Gasteiger partial charge in [-0.25, -0.2) is 4.57 Å². The molecule has 0 aliphatic carbocycles. The molecule has 0 unspecified atom stereocenters. The topological polar surface area (TPSA) is 163 Å². The zero-order valence-electron chi connectivity index (χ0n) is 9.92. The van der Waals surface area contributed by atoms with Gasteiger partial charge >= 0.3 is 66.9 Å². The van der Waals surface area contributed by atoms with E-state index in [0.29, 0.717) is 0 Å². The third kappa shape index (κ3) is 5.72. The smallest absolute Gasteiger partial charge is 0.851 e. The summed E-state index contributed by atoms with van der Waals surface area (Å²) in [6, 6.07) is 0. The van der Waals surface area contributed by atoms with Gasteiger partial charge in [-0.05, 0) is 6.10 Å². The molecule has 18 heavy (non-hydrogen) atoms. The quantitative estimate of drug-likeness (QED) is 0.292. The van der Waals surface area contributed by atoms with Crippen molar-refractivity contribution in [1.29, 1.82) is 0 Å². The summed E-state index contributed by atoms with van der Waals surface area (Å²) in [4.78, 5) is 16.7. The van der Waals surface area contributed by atoms with E-state index in [1.165, 1.54) is 0 Å². The Morgan fingerprint density at radius 3 is 2.22 bits per heavy atom. The summed E-state index contributed by atoms with van der Waals surface area (Å²) in [5.41, 5.74) is 0. The predicted molar refractivity (Wildman–Crippen MR) is 42.5 cm³/mol. The number of ether oxygens (including phenoxy) is 1. The standard InChI is InChI=1S/C6H11O9P.2Na/c7-2-6(10)5(9)4(8)3(15-6)1-14-16(11,12)13;;/h3-5,8,10H,1-2H2,(H2,11,12,13);;/q-2;2*+1/t3-,4-,5+,6-;;/m1../s1. The maximum atomic E-state index is 11.2. The fraction of sp³-hybridized carbons (Fsp3) is 1.00. The van der Waals surface area contributed by atoms with E-state index in [2.05, 4.69) is 9.26 Å². The number of phosphoric ester groups is 1. The van der Waals surface area contributed by atoms with E-state index in [-0.39, 0.29) is 59.1 Å². The molecule has 96 valence electrons. The average molecular weight is 304 g/mol. The van der Waals surface area contributed by atoms with E-state index >= 15 is 0 Å². The second-order valence-electron chi connectivity index (χ2n) is 3.34. The van der Waals surface area contributed by atoms with Gasteiger partial charge in [-0.15, -0.1) is 0 Å². The summed E-state index contributed by atoms with van der Waals surface area (Å²) in [6.07, 6.45) is -5.32. The summed E-state index contributed by atoms with van der Waals surface area (Å²) in [6.45, 7) is -2.09. The van der Waals surface area contributed by atoms with Crippen LogP contribution in [-0.2, 0) is 13.8 Å². The molecule has 1 aliphatic heterocycles. The van der Waals surface area contributed by atoms with Gasteiger partial charge in [-0.1, -0.05) is 6.61 Å². The van der Waals surface area contributed by atoms with Gasteiger partial charge in [0.15, 0.2) is 0 Å². The third-order valence-corrected chi connectivity index (χ3v) is 2.59. The van der Waals surface area contributed by atoms with Crippen LogP contribution in [-0.4, -0.2) is 57.3 Å². The van der Waals surface area contributed by atoms with Gasteiger partial charge < -0.3 is 34.9 Å². The molecule has 0 aromatic rings. The molecule has 4 N–H and O–H groups in total. The van der Waals surface area contributed by atoms with Crippen LogP contribution in [0.25, 0.3) is 0 Å². The van der Waals surface area contributed by atoms with Crippen molar-refractivity contribution in [2.45, 2.75) is 24.1 Å². The van der Waals surface area contributed by atoms with Gasteiger partial charge in [-0.3, -0.25) is 4.52 Å². The minimum atomic E-state index is -4.77. The first-order valence-corrected chi connectivity index (χ1v) is 5.75. The van der Waals surface area contributed by atoms with Crippen LogP contribution in [0.3, 0.4) is 0 Å². The molecule has 0 aromatic heterocycles. The summed E-state index contributed by atoms with van der Waals surface area (Å²) in [7, 11) is -4.77. The fourth-order valence-corrected chi connectivity index (χ4v) is 1.62. The van der Waals surface area contributed by atoms with E-state index in [1.54, 1.807) is 0 Å². The summed E-state index contributed by atoms with van der Waals surface area (Å²) in [5, 5.41) is 40.2. The Morgan fingerprint density at radius 1 is 1.39 bits per heavy atom. The van der Waals surface area contributed by atoms with Crippen LogP contribution in [0.2, 0.25) is 0 Å². The largest absolute Gasteiger partial charge is 1.00 e. The monoisotopic (exact) mass is 304 g/mol. The second kappa shape index (κ2) is 8.38. The van der Waals surface area contributed by atoms with Crippen molar-refractivity contribution < 1.29 is 103 Å². The van der Waals surface area contributed by atoms with E-state index in [4.69, 9.17) is 9.79 Å². The Hall–Kier alpha value is 1.91. The second-order valence-corrected chi connectivity index (χ2v) is 4.58. The molecule has 0 amide bonds. The van der Waals surface area contributed by atoms with Crippen LogP contribution < -0.4 is 69.3 Å². The molecule has 0 aromatic carbocycles. The SMILES string of the molecule is O=P(O)(O)OC[C@H]1O[C@](O)(C[O-])[C@@H]([O-])[C@@H]1O.[Na+].[Na+]. The molecule has 0 spiro atoms. The summed E-state index contributed by atoms with van der Waals surface area (Å²) in [5.74, 6) is -2.58. The van der Waals surface area contributed by atoms with Crippen molar-refractivity contribution in [2.24, 2.45) is 0 Å². The normalized spacial score (nSPS) is 35.8. The predicted octanol–water partition coefficient (Wildman–Crippen LogP) is -10.4. The van der Waals surface area contributed by atoms with Crippen molar-refractivity contribution in [3.63, 3.8) is 0 Å². The molecule has 1 heterocycles. The number of aliphatic hydroxyl groups excluding tert-OH is 1. The summed E-state index contributed by atoms with van der Waals surface area (Å²) >= 11 is 0. The number of phosphoric acid groups is 1. The Morgan fingerprint density at radius 2 is 1.89 bits per heavy atom. The maximum absolute atomic E-state index is 11.2. The first-order chi connectivity index (χ1) is 7.19. The van der Waals surface area contributed by atoms with Gasteiger partial charge in [0, 0.05) is 0 Å². The van der Waals surface area contributed by atoms with E-state index in [0.717, 1.165) is 0 Å². The maximum Gasteiger partial charge on any atom is 1.00 e. The molecule has 4 atom stereocenters. The van der Waals surface area contributed by atoms with Gasteiger partial charge in [0.2, 0.25) is 0 Å². The average Bonchev–Trinajstić information content (AvgIpc) is 2.40. The van der Waals surface area contributed by atoms with E-state index in [1.807, 2.05) is 0 Å². The van der Waals surface area contributed by atoms with Crippen LogP contribution in [0, 0.1) is 0 Å². The van der Waals surface area contributed by atoms with Crippen LogP contribution in [0.4, 0.5) is 0 Å². The Kier molecular flexibility index (Phi) is 10.3. The molecular weight excluding hydrogens is 293 g/mol. The number of hydrogen-bond donors (Lipinski definition) is 4. The van der Waals surface area contributed by atoms with Gasteiger partial charge in [-0.2, -0.15) is 0 Å². The van der Waals surface area contributed by atoms with Crippen LogP contribution in [0.1, 0.15) is 0 Å². The molecule has 9 nitrogen and oxygen atoms in total. The molecular formula is C6H11Na2O9P. The van der Waals surface area contributed by atoms with E-state index < -0.39 is 45.1 Å². The van der Waals surface area contributed by atoms with Gasteiger partial charge in [0.1, 0.15) is 11.9 Å². The molecule has 0 radical (unpaired) electrons. The first kappa shape index (κ1) is 22.2. The Labute approximate surface area is 147 Å². The minimum absolute atomic E-state index is 0. The zero-order valence-corrected chi connectivity index (χ0v) is 14.8. The fourth-order valence-electron chi connectivity index (χ4n) is 1.28. The molecule has 0 saturated carbocycles. The van der Waals surface area contributed by atoms with Crippen molar-refractivity contribution in [2.75, 3.05) is 13.2 Å². The van der Waals surface area contributed by atoms with Gasteiger partial charge in [0.25, 0.3) is 0 Å². The van der Waals surface area contributed by atoms with Crippen LogP contribution >= 0.6 is 7.82 Å². The van der Waals surface area contributed by atoms with Crippen molar-refractivity contribution in [1.82, 2.24) is 0 Å². The molecule has 0 bridgehead atoms. The molecule has 12 heteroatoms. The number of aliphatic hydroxyl groups is 2. The van der Waals surface area contributed by atoms with Crippen molar-refractivity contribution >= 4 is 7.82 Å². The zero-order chi connectivity index (χ0) is 12.6. The van der Waals surface area contributed by atoms with Crippen LogP contribution in [0.15, 0.2) is 0 Å². The van der Waals surface area contributed by atoms with Crippen LogP contribution in [0.5, 0.6) is 0 Å². The Balaban J connectivity index is 0. The molecule has 1 saturated heterocycles. The Bertz CT molecular complexity index is 299. The number of rotatable bonds is 4. The molecule has 1 fully saturated rings. The van der Waals surface area contributed by atoms with Crippen molar-refractivity contribution in [3.8, 4) is 0 Å². The van der Waals surface area contributed by atoms with E-state index in [9.17, 15) is 25.0 Å².